The molecule has 1 N–H and O–H groups in total. The van der Waals surface area contributed by atoms with E-state index in [0.717, 1.165) is 83.4 Å². The van der Waals surface area contributed by atoms with Gasteiger partial charge in [-0.2, -0.15) is 5.10 Å². The van der Waals surface area contributed by atoms with Crippen molar-refractivity contribution < 1.29 is 9.47 Å². The lowest BCUT2D eigenvalue weighted by Gasteiger charge is -2.35. The number of ether oxygens (including phenoxy) is 2. The molecule has 1 saturated heterocycles. The van der Waals surface area contributed by atoms with Gasteiger partial charge in [-0.25, -0.2) is 4.98 Å². The molecular weight excluding hydrogens is 452 g/mol. The summed E-state index contributed by atoms with van der Waals surface area (Å²) in [7, 11) is 3.71. The summed E-state index contributed by atoms with van der Waals surface area (Å²) in [5, 5.41) is 8.74. The number of aromatic nitrogens is 4. The van der Waals surface area contributed by atoms with Gasteiger partial charge < -0.3 is 23.8 Å². The highest BCUT2D eigenvalue weighted by molar-refractivity contribution is 5.94. The molecule has 8 nitrogen and oxygen atoms in total. The first-order chi connectivity index (χ1) is 17.6. The van der Waals surface area contributed by atoms with Crippen LogP contribution in [0.4, 0.5) is 5.69 Å². The maximum absolute atomic E-state index is 6.10. The predicted octanol–water partition coefficient (Wildman–Crippen LogP) is 5.06. The second-order valence-corrected chi connectivity index (χ2v) is 9.15. The van der Waals surface area contributed by atoms with Gasteiger partial charge >= 0.3 is 0 Å². The zero-order valence-corrected chi connectivity index (χ0v) is 20.9. The fourth-order valence-corrected chi connectivity index (χ4v) is 4.92. The molecule has 3 heterocycles. The van der Waals surface area contributed by atoms with E-state index in [1.807, 2.05) is 42.5 Å². The van der Waals surface area contributed by atoms with Crippen molar-refractivity contribution in [3.05, 3.63) is 60.7 Å². The summed E-state index contributed by atoms with van der Waals surface area (Å²) in [5.41, 5.74) is 5.05. The molecule has 1 aliphatic heterocycles. The Morgan fingerprint density at radius 1 is 0.889 bits per heavy atom. The minimum absolute atomic E-state index is 0.739. The Morgan fingerprint density at radius 2 is 1.64 bits per heavy atom. The number of methoxy groups -OCH3 is 1. The first kappa shape index (κ1) is 22.4. The number of H-pyrrole nitrogens is 1. The van der Waals surface area contributed by atoms with E-state index < -0.39 is 0 Å². The van der Waals surface area contributed by atoms with Crippen LogP contribution in [0.2, 0.25) is 0 Å². The Morgan fingerprint density at radius 3 is 2.39 bits per heavy atom. The van der Waals surface area contributed by atoms with Gasteiger partial charge in [0.05, 0.1) is 23.7 Å². The molecular formula is C28H30N6O2. The average Bonchev–Trinajstić information content (AvgIpc) is 3.49. The molecule has 36 heavy (non-hydrogen) atoms. The third-order valence-corrected chi connectivity index (χ3v) is 7.09. The number of benzene rings is 3. The van der Waals surface area contributed by atoms with Gasteiger partial charge in [-0.3, -0.25) is 5.10 Å². The Kier molecular flexibility index (Phi) is 5.73. The highest BCUT2D eigenvalue weighted by atomic mass is 16.5. The van der Waals surface area contributed by atoms with Crippen LogP contribution in [0.5, 0.6) is 17.2 Å². The van der Waals surface area contributed by atoms with E-state index in [4.69, 9.17) is 14.5 Å². The van der Waals surface area contributed by atoms with Gasteiger partial charge in [0, 0.05) is 44.3 Å². The summed E-state index contributed by atoms with van der Waals surface area (Å²) in [6.45, 7) is 7.64. The molecule has 5 aromatic rings. The Bertz CT molecular complexity index is 1510. The molecule has 3 aromatic carbocycles. The summed E-state index contributed by atoms with van der Waals surface area (Å²) in [6, 6.07) is 20.0. The van der Waals surface area contributed by atoms with Gasteiger partial charge in [0.2, 0.25) is 0 Å². The summed E-state index contributed by atoms with van der Waals surface area (Å²) < 4.78 is 13.5. The average molecular weight is 483 g/mol. The molecule has 0 aliphatic carbocycles. The van der Waals surface area contributed by atoms with Crippen LogP contribution in [0.3, 0.4) is 0 Å². The molecule has 0 atom stereocenters. The van der Waals surface area contributed by atoms with Crippen molar-refractivity contribution >= 4 is 27.6 Å². The lowest BCUT2D eigenvalue weighted by molar-refractivity contribution is 0.271. The monoisotopic (exact) mass is 482 g/mol. The smallest absolute Gasteiger partial charge is 0.162 e. The second-order valence-electron chi connectivity index (χ2n) is 9.15. The predicted molar refractivity (Wildman–Crippen MR) is 143 cm³/mol. The zero-order valence-electron chi connectivity index (χ0n) is 20.9. The molecule has 0 unspecified atom stereocenters. The molecule has 0 spiro atoms. The second kappa shape index (κ2) is 9.20. The van der Waals surface area contributed by atoms with Gasteiger partial charge in [-0.1, -0.05) is 6.92 Å². The van der Waals surface area contributed by atoms with Gasteiger partial charge in [0.1, 0.15) is 22.9 Å². The number of likely N-dealkylation sites (N-methyl/N-ethyl adjacent to an activating group) is 1. The number of aromatic amines is 1. The van der Waals surface area contributed by atoms with E-state index in [1.54, 1.807) is 7.11 Å². The number of imidazole rings is 1. The number of piperazine rings is 1. The van der Waals surface area contributed by atoms with Crippen LogP contribution in [0.25, 0.3) is 33.5 Å². The van der Waals surface area contributed by atoms with Gasteiger partial charge in [-0.05, 0) is 67.2 Å². The molecule has 1 aliphatic rings. The standard InChI is InChI=1S/C28H30N6O2/c1-4-33-13-15-34(16-14-33)19-5-11-25-26(17-19)32(2)28(29-25)27-23-18-22(10-12-24(23)30-31-27)36-21-8-6-20(35-3)7-9-21/h5-12,17-18H,4,13-16H2,1-3H3,(H,30,31). The topological polar surface area (TPSA) is 71.4 Å². The third kappa shape index (κ3) is 4.03. The lowest BCUT2D eigenvalue weighted by Crippen LogP contribution is -2.46. The maximum Gasteiger partial charge on any atom is 0.162 e. The number of fused-ring (bicyclic) bond motifs is 2. The van der Waals surface area contributed by atoms with Gasteiger partial charge in [0.15, 0.2) is 5.82 Å². The van der Waals surface area contributed by atoms with E-state index in [2.05, 4.69) is 56.7 Å². The van der Waals surface area contributed by atoms with E-state index in [1.165, 1.54) is 5.69 Å². The van der Waals surface area contributed by atoms with Gasteiger partial charge in [0.25, 0.3) is 0 Å². The summed E-state index contributed by atoms with van der Waals surface area (Å²) >= 11 is 0. The van der Waals surface area contributed by atoms with Crippen molar-refractivity contribution in [2.45, 2.75) is 6.92 Å². The van der Waals surface area contributed by atoms with Crippen LogP contribution < -0.4 is 14.4 Å². The van der Waals surface area contributed by atoms with E-state index in [-0.39, 0.29) is 0 Å². The normalized spacial score (nSPS) is 14.6. The number of hydrogen-bond acceptors (Lipinski definition) is 6. The van der Waals surface area contributed by atoms with Crippen LogP contribution >= 0.6 is 0 Å². The Labute approximate surface area is 210 Å². The van der Waals surface area contributed by atoms with Gasteiger partial charge in [-0.15, -0.1) is 0 Å². The fraction of sp³-hybridized carbons (Fsp3) is 0.286. The van der Waals surface area contributed by atoms with E-state index >= 15 is 0 Å². The van der Waals surface area contributed by atoms with Crippen LogP contribution in [0.15, 0.2) is 60.7 Å². The molecule has 1 fully saturated rings. The van der Waals surface area contributed by atoms with Crippen molar-refractivity contribution in [3.63, 3.8) is 0 Å². The summed E-state index contributed by atoms with van der Waals surface area (Å²) in [4.78, 5) is 9.90. The van der Waals surface area contributed by atoms with Crippen LogP contribution in [-0.4, -0.2) is 64.5 Å². The molecule has 0 amide bonds. The molecule has 2 aromatic heterocycles. The Hall–Kier alpha value is -4.04. The molecule has 8 heteroatoms. The highest BCUT2D eigenvalue weighted by Crippen LogP contribution is 2.33. The molecule has 0 saturated carbocycles. The lowest BCUT2D eigenvalue weighted by atomic mass is 10.2. The quantitative estimate of drug-likeness (QED) is 0.365. The number of aryl methyl sites for hydroxylation is 1. The van der Waals surface area contributed by atoms with Crippen molar-refractivity contribution in [1.82, 2.24) is 24.6 Å². The fourth-order valence-electron chi connectivity index (χ4n) is 4.92. The number of nitrogens with one attached hydrogen (secondary N) is 1. The van der Waals surface area contributed by atoms with Crippen LogP contribution in [0, 0.1) is 0 Å². The number of hydrogen-bond donors (Lipinski definition) is 1. The highest BCUT2D eigenvalue weighted by Gasteiger charge is 2.20. The zero-order chi connectivity index (χ0) is 24.6. The third-order valence-electron chi connectivity index (χ3n) is 7.09. The minimum Gasteiger partial charge on any atom is -0.497 e. The van der Waals surface area contributed by atoms with E-state index in [9.17, 15) is 0 Å². The first-order valence-electron chi connectivity index (χ1n) is 12.4. The number of rotatable bonds is 6. The maximum atomic E-state index is 6.10. The number of anilines is 1. The SMILES string of the molecule is CCN1CCN(c2ccc3nc(-c4n[nH]c5ccc(Oc6ccc(OC)cc6)cc45)n(C)c3c2)CC1. The minimum atomic E-state index is 0.739. The molecule has 6 rings (SSSR count). The van der Waals surface area contributed by atoms with Crippen molar-refractivity contribution in [1.29, 1.82) is 0 Å². The van der Waals surface area contributed by atoms with E-state index in [0.29, 0.717) is 0 Å². The summed E-state index contributed by atoms with van der Waals surface area (Å²) in [5.74, 6) is 3.10. The van der Waals surface area contributed by atoms with Crippen molar-refractivity contribution in [2.75, 3.05) is 44.7 Å². The largest absolute Gasteiger partial charge is 0.497 e. The Balaban J connectivity index is 1.32. The van der Waals surface area contributed by atoms with Crippen molar-refractivity contribution in [3.8, 4) is 28.8 Å². The molecule has 184 valence electrons. The summed E-state index contributed by atoms with van der Waals surface area (Å²) in [6.07, 6.45) is 0. The first-order valence-corrected chi connectivity index (χ1v) is 12.4. The van der Waals surface area contributed by atoms with Crippen molar-refractivity contribution in [2.24, 2.45) is 7.05 Å². The van der Waals surface area contributed by atoms with Crippen LogP contribution in [0.1, 0.15) is 6.92 Å². The number of nitrogens with zero attached hydrogens (tertiary/aromatic N) is 5. The van der Waals surface area contributed by atoms with Crippen LogP contribution in [-0.2, 0) is 7.05 Å². The molecule has 0 radical (unpaired) electrons. The molecule has 0 bridgehead atoms.